The minimum atomic E-state index is -3.38. The zero-order valence-corrected chi connectivity index (χ0v) is 12.5. The van der Waals surface area contributed by atoms with E-state index in [0.717, 1.165) is 25.7 Å². The molecule has 2 rings (SSSR count). The summed E-state index contributed by atoms with van der Waals surface area (Å²) >= 11 is 0. The van der Waals surface area contributed by atoms with Gasteiger partial charge in [-0.05, 0) is 36.3 Å². The summed E-state index contributed by atoms with van der Waals surface area (Å²) in [6.45, 7) is 2.65. The van der Waals surface area contributed by atoms with E-state index in [1.54, 1.807) is 24.3 Å². The molecule has 1 fully saturated rings. The Morgan fingerprint density at radius 1 is 1.35 bits per heavy atom. The second-order valence-electron chi connectivity index (χ2n) is 5.60. The minimum absolute atomic E-state index is 0.126. The lowest BCUT2D eigenvalue weighted by atomic mass is 10.0. The van der Waals surface area contributed by atoms with Gasteiger partial charge in [-0.3, -0.25) is 0 Å². The molecule has 5 heteroatoms. The molecule has 108 valence electrons. The van der Waals surface area contributed by atoms with Crippen molar-refractivity contribution in [1.29, 1.82) is 5.26 Å². The fourth-order valence-corrected chi connectivity index (χ4v) is 3.79. The van der Waals surface area contributed by atoms with Gasteiger partial charge >= 0.3 is 0 Å². The maximum absolute atomic E-state index is 12.1. The second-order valence-corrected chi connectivity index (χ2v) is 7.41. The molecule has 4 nitrogen and oxygen atoms in total. The summed E-state index contributed by atoms with van der Waals surface area (Å²) in [5.41, 5.74) is 1.17. The topological polar surface area (TPSA) is 70.0 Å². The third kappa shape index (κ3) is 3.81. The van der Waals surface area contributed by atoms with Crippen molar-refractivity contribution < 1.29 is 8.42 Å². The van der Waals surface area contributed by atoms with Gasteiger partial charge in [-0.25, -0.2) is 13.1 Å². The molecule has 0 aromatic heterocycles. The van der Waals surface area contributed by atoms with Crippen LogP contribution in [0.15, 0.2) is 24.3 Å². The molecule has 0 spiro atoms. The van der Waals surface area contributed by atoms with Gasteiger partial charge in [0.15, 0.2) is 0 Å². The highest BCUT2D eigenvalue weighted by Crippen LogP contribution is 2.49. The number of hydrogen-bond donors (Lipinski definition) is 1. The number of nitriles is 1. The van der Waals surface area contributed by atoms with Crippen molar-refractivity contribution >= 4 is 10.0 Å². The molecule has 0 saturated heterocycles. The standard InChI is InChI=1S/C15H20N2O2S/c1-2-7-15(8-9-15)12-17-20(18,19)11-14-6-4-3-5-13(14)10-16/h3-6,17H,2,7-9,11-12H2,1H3. The quantitative estimate of drug-likeness (QED) is 0.839. The van der Waals surface area contributed by atoms with Crippen LogP contribution in [0.2, 0.25) is 0 Å². The number of hydrogen-bond acceptors (Lipinski definition) is 3. The largest absolute Gasteiger partial charge is 0.215 e. The van der Waals surface area contributed by atoms with Crippen molar-refractivity contribution in [2.45, 2.75) is 38.4 Å². The molecule has 0 aliphatic heterocycles. The first kappa shape index (κ1) is 15.0. The smallest absolute Gasteiger partial charge is 0.214 e. The molecule has 1 aliphatic carbocycles. The summed E-state index contributed by atoms with van der Waals surface area (Å²) in [6.07, 6.45) is 4.37. The zero-order chi connectivity index (χ0) is 14.6. The van der Waals surface area contributed by atoms with Crippen LogP contribution in [0.25, 0.3) is 0 Å². The monoisotopic (exact) mass is 292 g/mol. The lowest BCUT2D eigenvalue weighted by molar-refractivity contribution is 0.449. The molecule has 1 N–H and O–H groups in total. The van der Waals surface area contributed by atoms with Gasteiger partial charge in [0, 0.05) is 6.54 Å². The Bertz CT molecular complexity index is 613. The molecule has 0 radical (unpaired) electrons. The van der Waals surface area contributed by atoms with E-state index in [-0.39, 0.29) is 11.2 Å². The van der Waals surface area contributed by atoms with Gasteiger partial charge in [-0.2, -0.15) is 5.26 Å². The van der Waals surface area contributed by atoms with Crippen LogP contribution in [0.1, 0.15) is 43.7 Å². The van der Waals surface area contributed by atoms with Crippen LogP contribution in [-0.4, -0.2) is 15.0 Å². The summed E-state index contributed by atoms with van der Waals surface area (Å²) in [6, 6.07) is 8.86. The Hall–Kier alpha value is -1.38. The average molecular weight is 292 g/mol. The minimum Gasteiger partial charge on any atom is -0.214 e. The molecule has 0 bridgehead atoms. The number of rotatable bonds is 7. The molecule has 0 amide bonds. The fourth-order valence-electron chi connectivity index (χ4n) is 2.50. The van der Waals surface area contributed by atoms with Crippen LogP contribution in [0.3, 0.4) is 0 Å². The van der Waals surface area contributed by atoms with E-state index in [9.17, 15) is 8.42 Å². The van der Waals surface area contributed by atoms with Crippen molar-refractivity contribution in [3.8, 4) is 6.07 Å². The van der Waals surface area contributed by atoms with Gasteiger partial charge in [0.2, 0.25) is 10.0 Å². The van der Waals surface area contributed by atoms with Crippen molar-refractivity contribution in [2.75, 3.05) is 6.54 Å². The van der Waals surface area contributed by atoms with E-state index in [4.69, 9.17) is 5.26 Å². The number of benzene rings is 1. The first-order valence-electron chi connectivity index (χ1n) is 6.96. The van der Waals surface area contributed by atoms with E-state index in [1.165, 1.54) is 0 Å². The van der Waals surface area contributed by atoms with E-state index in [1.807, 2.05) is 6.07 Å². The first-order chi connectivity index (χ1) is 9.50. The van der Waals surface area contributed by atoms with Crippen molar-refractivity contribution in [2.24, 2.45) is 5.41 Å². The average Bonchev–Trinajstić information content (AvgIpc) is 3.18. The third-order valence-electron chi connectivity index (χ3n) is 3.89. The molecule has 1 aliphatic rings. The van der Waals surface area contributed by atoms with E-state index in [2.05, 4.69) is 11.6 Å². The summed E-state index contributed by atoms with van der Waals surface area (Å²) in [5.74, 6) is -0.126. The molecule has 1 aromatic rings. The highest BCUT2D eigenvalue weighted by atomic mass is 32.2. The van der Waals surface area contributed by atoms with Gasteiger partial charge in [-0.15, -0.1) is 0 Å². The van der Waals surface area contributed by atoms with Crippen LogP contribution >= 0.6 is 0 Å². The Kier molecular flexibility index (Phi) is 4.46. The molecule has 0 unspecified atom stereocenters. The lowest BCUT2D eigenvalue weighted by Gasteiger charge is -2.15. The lowest BCUT2D eigenvalue weighted by Crippen LogP contribution is -2.31. The van der Waals surface area contributed by atoms with Gasteiger partial charge in [0.05, 0.1) is 17.4 Å². The van der Waals surface area contributed by atoms with Crippen LogP contribution in [0, 0.1) is 16.7 Å². The molecule has 1 saturated carbocycles. The summed E-state index contributed by atoms with van der Waals surface area (Å²) < 4.78 is 27.0. The predicted molar refractivity (Wildman–Crippen MR) is 78.4 cm³/mol. The highest BCUT2D eigenvalue weighted by Gasteiger charge is 2.41. The molecule has 1 aromatic carbocycles. The molecule has 20 heavy (non-hydrogen) atoms. The van der Waals surface area contributed by atoms with Crippen LogP contribution < -0.4 is 4.72 Å². The third-order valence-corrected chi connectivity index (χ3v) is 5.16. The number of nitrogens with zero attached hydrogens (tertiary/aromatic N) is 1. The van der Waals surface area contributed by atoms with E-state index < -0.39 is 10.0 Å². The Balaban J connectivity index is 1.99. The summed E-state index contributed by atoms with van der Waals surface area (Å²) in [5, 5.41) is 8.99. The van der Waals surface area contributed by atoms with E-state index in [0.29, 0.717) is 17.7 Å². The van der Waals surface area contributed by atoms with Crippen molar-refractivity contribution in [3.05, 3.63) is 35.4 Å². The SMILES string of the molecule is CCCC1(CNS(=O)(=O)Cc2ccccc2C#N)CC1. The van der Waals surface area contributed by atoms with Gasteiger partial charge in [0.25, 0.3) is 0 Å². The maximum atomic E-state index is 12.1. The second kappa shape index (κ2) is 5.94. The van der Waals surface area contributed by atoms with Crippen LogP contribution in [0.4, 0.5) is 0 Å². The summed E-state index contributed by atoms with van der Waals surface area (Å²) in [7, 11) is -3.38. The predicted octanol–water partition coefficient (Wildman–Crippen LogP) is 2.56. The molecule has 0 atom stereocenters. The molecule has 0 heterocycles. The van der Waals surface area contributed by atoms with Gasteiger partial charge in [-0.1, -0.05) is 31.5 Å². The van der Waals surface area contributed by atoms with Crippen LogP contribution in [0.5, 0.6) is 0 Å². The van der Waals surface area contributed by atoms with Crippen molar-refractivity contribution in [3.63, 3.8) is 0 Å². The van der Waals surface area contributed by atoms with Crippen LogP contribution in [-0.2, 0) is 15.8 Å². The Labute approximate surface area is 120 Å². The Morgan fingerprint density at radius 2 is 2.05 bits per heavy atom. The number of nitrogens with one attached hydrogen (secondary N) is 1. The first-order valence-corrected chi connectivity index (χ1v) is 8.61. The molecular weight excluding hydrogens is 272 g/mol. The Morgan fingerprint density at radius 3 is 2.65 bits per heavy atom. The summed E-state index contributed by atoms with van der Waals surface area (Å²) in [4.78, 5) is 0. The zero-order valence-electron chi connectivity index (χ0n) is 11.7. The van der Waals surface area contributed by atoms with Gasteiger partial charge in [0.1, 0.15) is 0 Å². The maximum Gasteiger partial charge on any atom is 0.215 e. The fraction of sp³-hybridized carbons (Fsp3) is 0.533. The number of sulfonamides is 1. The van der Waals surface area contributed by atoms with E-state index >= 15 is 0 Å². The molecular formula is C15H20N2O2S. The highest BCUT2D eigenvalue weighted by molar-refractivity contribution is 7.88. The van der Waals surface area contributed by atoms with Crippen molar-refractivity contribution in [1.82, 2.24) is 4.72 Å². The normalized spacial score (nSPS) is 16.6. The van der Waals surface area contributed by atoms with Gasteiger partial charge < -0.3 is 0 Å².